The number of aromatic nitrogens is 5. The zero-order chi connectivity index (χ0) is 27.7. The Morgan fingerprint density at radius 2 is 1.70 bits per heavy atom. The highest BCUT2D eigenvalue weighted by Crippen LogP contribution is 2.28. The molecule has 0 aliphatic carbocycles. The maximum atomic E-state index is 6.09. The van der Waals surface area contributed by atoms with Gasteiger partial charge in [0.15, 0.2) is 5.82 Å². The van der Waals surface area contributed by atoms with Crippen LogP contribution in [0.4, 0.5) is 17.3 Å². The molecule has 1 fully saturated rings. The molecule has 5 aromatic rings. The summed E-state index contributed by atoms with van der Waals surface area (Å²) in [4.78, 5) is 19.4. The summed E-state index contributed by atoms with van der Waals surface area (Å²) < 4.78 is 10.2. The zero-order valence-corrected chi connectivity index (χ0v) is 24.8. The normalized spacial score (nSPS) is 14.8. The van der Waals surface area contributed by atoms with E-state index in [-0.39, 0.29) is 0 Å². The number of piperazine rings is 1. The van der Waals surface area contributed by atoms with Crippen LogP contribution < -0.4 is 10.2 Å². The van der Waals surface area contributed by atoms with Gasteiger partial charge in [-0.25, -0.2) is 4.98 Å². The molecule has 0 atom stereocenters. The minimum atomic E-state index is -1.16. The number of nitrogens with zero attached hydrogens (tertiary/aromatic N) is 7. The Morgan fingerprint density at radius 1 is 0.925 bits per heavy atom. The predicted octanol–water partition coefficient (Wildman–Crippen LogP) is 5.58. The van der Waals surface area contributed by atoms with Gasteiger partial charge in [0.05, 0.1) is 16.4 Å². The summed E-state index contributed by atoms with van der Waals surface area (Å²) in [5.41, 5.74) is 4.95. The van der Waals surface area contributed by atoms with E-state index >= 15 is 0 Å². The fourth-order valence-electron chi connectivity index (χ4n) is 5.01. The van der Waals surface area contributed by atoms with Gasteiger partial charge in [-0.2, -0.15) is 9.97 Å². The van der Waals surface area contributed by atoms with Crippen molar-refractivity contribution < 1.29 is 4.74 Å². The highest BCUT2D eigenvalue weighted by molar-refractivity contribution is 6.76. The van der Waals surface area contributed by atoms with Crippen LogP contribution in [-0.4, -0.2) is 76.9 Å². The Hall–Kier alpha value is -3.73. The van der Waals surface area contributed by atoms with Crippen molar-refractivity contribution in [3.8, 4) is 5.82 Å². The summed E-state index contributed by atoms with van der Waals surface area (Å²) in [7, 11) is 1.02. The standard InChI is InChI=1S/C30H38N8OSi/c1-35-15-17-36(18-16-35)24-11-9-23(10-12-24)32-30-33-28-25(13-14-37(28)22-39-19-20-40(2,3)4)29(34-30)38-21-31-26-7-5-6-8-27(26)38/h5-14,21H,15-20,22H2,1-4H3,(H,32,33,34). The molecular weight excluding hydrogens is 516 g/mol. The van der Waals surface area contributed by atoms with Crippen molar-refractivity contribution in [2.45, 2.75) is 32.4 Å². The first kappa shape index (κ1) is 26.5. The van der Waals surface area contributed by atoms with E-state index in [9.17, 15) is 0 Å². The Labute approximate surface area is 236 Å². The van der Waals surface area contributed by atoms with Gasteiger partial charge < -0.3 is 24.4 Å². The van der Waals surface area contributed by atoms with E-state index < -0.39 is 8.07 Å². The lowest BCUT2D eigenvalue weighted by atomic mass is 10.2. The van der Waals surface area contributed by atoms with Crippen LogP contribution in [0, 0.1) is 0 Å². The molecule has 1 aliphatic rings. The summed E-state index contributed by atoms with van der Waals surface area (Å²) in [6.07, 6.45) is 3.87. The van der Waals surface area contributed by atoms with Crippen LogP contribution in [0.1, 0.15) is 0 Å². The topological polar surface area (TPSA) is 76.3 Å². The molecule has 6 rings (SSSR count). The van der Waals surface area contributed by atoms with Crippen molar-refractivity contribution in [2.24, 2.45) is 0 Å². The number of anilines is 3. The molecule has 1 N–H and O–H groups in total. The quantitative estimate of drug-likeness (QED) is 0.188. The zero-order valence-electron chi connectivity index (χ0n) is 23.8. The average molecular weight is 555 g/mol. The molecule has 1 saturated heterocycles. The highest BCUT2D eigenvalue weighted by atomic mass is 28.3. The number of fused-ring (bicyclic) bond motifs is 2. The van der Waals surface area contributed by atoms with Crippen molar-refractivity contribution in [1.82, 2.24) is 29.0 Å². The monoisotopic (exact) mass is 554 g/mol. The summed E-state index contributed by atoms with van der Waals surface area (Å²) in [6, 6.07) is 19.9. The Kier molecular flexibility index (Phi) is 7.31. The van der Waals surface area contributed by atoms with Crippen LogP contribution in [0.5, 0.6) is 0 Å². The van der Waals surface area contributed by atoms with Crippen LogP contribution in [0.15, 0.2) is 67.1 Å². The summed E-state index contributed by atoms with van der Waals surface area (Å²) in [5, 5.41) is 4.41. The van der Waals surface area contributed by atoms with Gasteiger partial charge in [-0.1, -0.05) is 31.8 Å². The van der Waals surface area contributed by atoms with E-state index in [2.05, 4.69) is 87.8 Å². The number of hydrogen-bond acceptors (Lipinski definition) is 7. The van der Waals surface area contributed by atoms with E-state index in [1.54, 1.807) is 0 Å². The van der Waals surface area contributed by atoms with Crippen LogP contribution in [0.25, 0.3) is 27.9 Å². The molecule has 40 heavy (non-hydrogen) atoms. The first-order valence-corrected chi connectivity index (χ1v) is 17.7. The van der Waals surface area contributed by atoms with Gasteiger partial charge in [0.2, 0.25) is 5.95 Å². The molecular formula is C30H38N8OSi. The maximum Gasteiger partial charge on any atom is 0.231 e. The van der Waals surface area contributed by atoms with Gasteiger partial charge in [-0.05, 0) is 55.6 Å². The van der Waals surface area contributed by atoms with E-state index in [0.717, 1.165) is 72.4 Å². The molecule has 0 saturated carbocycles. The van der Waals surface area contributed by atoms with Gasteiger partial charge in [0.1, 0.15) is 18.7 Å². The van der Waals surface area contributed by atoms with E-state index in [0.29, 0.717) is 12.7 Å². The molecule has 1 aliphatic heterocycles. The summed E-state index contributed by atoms with van der Waals surface area (Å²) in [5.74, 6) is 1.32. The predicted molar refractivity (Wildman–Crippen MR) is 166 cm³/mol. The molecule has 0 bridgehead atoms. The Balaban J connectivity index is 1.31. The molecule has 2 aromatic carbocycles. The fraction of sp³-hybridized carbons (Fsp3) is 0.367. The van der Waals surface area contributed by atoms with Gasteiger partial charge in [0, 0.05) is 58.4 Å². The minimum Gasteiger partial charge on any atom is -0.369 e. The molecule has 0 spiro atoms. The second-order valence-corrected chi connectivity index (χ2v) is 17.4. The number of para-hydroxylation sites is 2. The van der Waals surface area contributed by atoms with Crippen molar-refractivity contribution >= 4 is 47.5 Å². The van der Waals surface area contributed by atoms with Crippen LogP contribution in [-0.2, 0) is 11.5 Å². The fourth-order valence-corrected chi connectivity index (χ4v) is 5.77. The van der Waals surface area contributed by atoms with E-state index in [4.69, 9.17) is 14.7 Å². The van der Waals surface area contributed by atoms with Gasteiger partial charge in [-0.3, -0.25) is 4.57 Å². The number of rotatable bonds is 9. The Morgan fingerprint density at radius 3 is 2.48 bits per heavy atom. The molecule has 208 valence electrons. The number of imidazole rings is 1. The Bertz CT molecular complexity index is 1600. The molecule has 9 nitrogen and oxygen atoms in total. The third-order valence-electron chi connectivity index (χ3n) is 7.50. The van der Waals surface area contributed by atoms with Crippen molar-refractivity contribution in [3.63, 3.8) is 0 Å². The van der Waals surface area contributed by atoms with Crippen molar-refractivity contribution in [3.05, 3.63) is 67.1 Å². The van der Waals surface area contributed by atoms with Crippen LogP contribution in [0.2, 0.25) is 25.7 Å². The lowest BCUT2D eigenvalue weighted by molar-refractivity contribution is 0.0899. The number of nitrogens with one attached hydrogen (secondary N) is 1. The van der Waals surface area contributed by atoms with Gasteiger partial charge >= 0.3 is 0 Å². The number of benzene rings is 2. The third kappa shape index (κ3) is 5.74. The van der Waals surface area contributed by atoms with Crippen LogP contribution >= 0.6 is 0 Å². The molecule has 4 heterocycles. The molecule has 0 radical (unpaired) electrons. The lowest BCUT2D eigenvalue weighted by Crippen LogP contribution is -2.44. The van der Waals surface area contributed by atoms with Crippen molar-refractivity contribution in [2.75, 3.05) is 50.1 Å². The number of likely N-dealkylation sites (N-methyl/N-ethyl adjacent to an activating group) is 1. The highest BCUT2D eigenvalue weighted by Gasteiger charge is 2.18. The van der Waals surface area contributed by atoms with E-state index in [1.807, 2.05) is 35.3 Å². The average Bonchev–Trinajstić information content (AvgIpc) is 3.56. The molecule has 10 heteroatoms. The first-order valence-electron chi connectivity index (χ1n) is 14.0. The largest absolute Gasteiger partial charge is 0.369 e. The maximum absolute atomic E-state index is 6.09. The minimum absolute atomic E-state index is 0.453. The number of hydrogen-bond donors (Lipinski definition) is 1. The summed E-state index contributed by atoms with van der Waals surface area (Å²) in [6.45, 7) is 12.6. The van der Waals surface area contributed by atoms with Crippen LogP contribution in [0.3, 0.4) is 0 Å². The second-order valence-electron chi connectivity index (χ2n) is 11.8. The first-order chi connectivity index (χ1) is 19.3. The second kappa shape index (κ2) is 11.0. The lowest BCUT2D eigenvalue weighted by Gasteiger charge is -2.34. The summed E-state index contributed by atoms with van der Waals surface area (Å²) >= 11 is 0. The molecule has 3 aromatic heterocycles. The third-order valence-corrected chi connectivity index (χ3v) is 9.20. The molecule has 0 unspecified atom stereocenters. The SMILES string of the molecule is CN1CCN(c2ccc(Nc3nc(-n4cnc5ccccc54)c4ccn(COCC[Si](C)(C)C)c4n3)cc2)CC1. The molecule has 0 amide bonds. The smallest absolute Gasteiger partial charge is 0.231 e. The van der Waals surface area contributed by atoms with Gasteiger partial charge in [-0.15, -0.1) is 0 Å². The van der Waals surface area contributed by atoms with Crippen molar-refractivity contribution in [1.29, 1.82) is 0 Å². The van der Waals surface area contributed by atoms with E-state index in [1.165, 1.54) is 5.69 Å². The van der Waals surface area contributed by atoms with Gasteiger partial charge in [0.25, 0.3) is 0 Å². The number of ether oxygens (including phenoxy) is 1.